The van der Waals surface area contributed by atoms with Crippen LogP contribution in [0.25, 0.3) is 0 Å². The third kappa shape index (κ3) is 3.16. The zero-order chi connectivity index (χ0) is 12.1. The minimum Gasteiger partial charge on any atom is -0.506 e. The molecule has 1 aromatic rings. The minimum atomic E-state index is -1.14. The van der Waals surface area contributed by atoms with Gasteiger partial charge in [0.25, 0.3) is 0 Å². The zero-order valence-corrected chi connectivity index (χ0v) is 8.56. The van der Waals surface area contributed by atoms with Gasteiger partial charge in [0.05, 0.1) is 12.9 Å². The Balaban J connectivity index is 2.91. The predicted molar refractivity (Wildman–Crippen MR) is 54.9 cm³/mol. The molecule has 1 rings (SSSR count). The number of rotatable bonds is 5. The van der Waals surface area contributed by atoms with Crippen LogP contribution < -0.4 is 5.73 Å². The predicted octanol–water partition coefficient (Wildman–Crippen LogP) is 0.254. The first-order valence-electron chi connectivity index (χ1n) is 4.75. The van der Waals surface area contributed by atoms with Crippen molar-refractivity contribution in [1.29, 1.82) is 0 Å². The topological polar surface area (TPSA) is 96.4 Å². The molecule has 0 saturated heterocycles. The smallest absolute Gasteiger partial charge is 0.320 e. The Bertz CT molecular complexity index is 384. The van der Waals surface area contributed by atoms with E-state index in [9.17, 15) is 14.3 Å². The second kappa shape index (κ2) is 5.41. The van der Waals surface area contributed by atoms with Gasteiger partial charge < -0.3 is 15.9 Å². The lowest BCUT2D eigenvalue weighted by molar-refractivity contribution is -0.138. The number of carboxylic acid groups (broad SMARTS) is 1. The molecular formula is C10H13FN2O3. The number of carboxylic acids is 1. The van der Waals surface area contributed by atoms with Crippen molar-refractivity contribution in [3.63, 3.8) is 0 Å². The molecule has 1 aromatic heterocycles. The summed E-state index contributed by atoms with van der Waals surface area (Å²) in [5.74, 6) is -1.23. The van der Waals surface area contributed by atoms with Crippen LogP contribution in [0.4, 0.5) is 4.39 Å². The van der Waals surface area contributed by atoms with Gasteiger partial charge in [-0.05, 0) is 11.6 Å². The number of aromatic nitrogens is 1. The van der Waals surface area contributed by atoms with E-state index < -0.39 is 18.7 Å². The molecule has 0 bridgehead atoms. The fourth-order valence-electron chi connectivity index (χ4n) is 1.34. The molecule has 1 atom stereocenters. The van der Waals surface area contributed by atoms with E-state index in [2.05, 4.69) is 4.98 Å². The van der Waals surface area contributed by atoms with Gasteiger partial charge in [0.1, 0.15) is 11.8 Å². The fourth-order valence-corrected chi connectivity index (χ4v) is 1.34. The van der Waals surface area contributed by atoms with Gasteiger partial charge >= 0.3 is 5.97 Å². The van der Waals surface area contributed by atoms with Crippen LogP contribution in [0.1, 0.15) is 11.3 Å². The van der Waals surface area contributed by atoms with Crippen molar-refractivity contribution in [3.05, 3.63) is 23.5 Å². The van der Waals surface area contributed by atoms with Crippen LogP contribution in [-0.2, 0) is 17.6 Å². The molecule has 5 nitrogen and oxygen atoms in total. The number of aromatic hydroxyl groups is 1. The lowest BCUT2D eigenvalue weighted by Crippen LogP contribution is -2.32. The van der Waals surface area contributed by atoms with Crippen molar-refractivity contribution < 1.29 is 19.4 Å². The number of aliphatic carboxylic acids is 1. The first kappa shape index (κ1) is 12.4. The summed E-state index contributed by atoms with van der Waals surface area (Å²) in [6, 6.07) is 0.280. The molecule has 0 spiro atoms. The van der Waals surface area contributed by atoms with Gasteiger partial charge in [-0.2, -0.15) is 0 Å². The zero-order valence-electron chi connectivity index (χ0n) is 8.56. The molecule has 16 heavy (non-hydrogen) atoms. The van der Waals surface area contributed by atoms with Crippen molar-refractivity contribution >= 4 is 5.97 Å². The van der Waals surface area contributed by atoms with Crippen molar-refractivity contribution in [2.24, 2.45) is 5.73 Å². The molecule has 0 fully saturated rings. The Morgan fingerprint density at radius 3 is 2.88 bits per heavy atom. The van der Waals surface area contributed by atoms with Gasteiger partial charge in [-0.3, -0.25) is 14.2 Å². The van der Waals surface area contributed by atoms with Crippen LogP contribution in [0, 0.1) is 0 Å². The minimum absolute atomic E-state index is 0.0199. The summed E-state index contributed by atoms with van der Waals surface area (Å²) in [7, 11) is 0. The monoisotopic (exact) mass is 227 g/mol. The number of carbonyl (C=O) groups is 1. The van der Waals surface area contributed by atoms with Crippen LogP contribution in [-0.4, -0.2) is 33.9 Å². The number of nitrogens with zero attached hydrogens (tertiary/aromatic N) is 1. The van der Waals surface area contributed by atoms with E-state index in [0.29, 0.717) is 11.3 Å². The molecule has 6 heteroatoms. The summed E-state index contributed by atoms with van der Waals surface area (Å²) >= 11 is 0. The molecule has 4 N–H and O–H groups in total. The Morgan fingerprint density at radius 1 is 1.62 bits per heavy atom. The van der Waals surface area contributed by atoms with Gasteiger partial charge in [-0.1, -0.05) is 0 Å². The Hall–Kier alpha value is -1.69. The van der Waals surface area contributed by atoms with E-state index in [0.717, 1.165) is 0 Å². The molecule has 1 unspecified atom stereocenters. The third-order valence-corrected chi connectivity index (χ3v) is 2.13. The number of nitrogens with two attached hydrogens (primary N) is 1. The van der Waals surface area contributed by atoms with Crippen LogP contribution in [0.2, 0.25) is 0 Å². The number of hydrogen-bond acceptors (Lipinski definition) is 4. The molecule has 0 radical (unpaired) electrons. The van der Waals surface area contributed by atoms with Gasteiger partial charge in [0.15, 0.2) is 0 Å². The van der Waals surface area contributed by atoms with Crippen LogP contribution in [0.5, 0.6) is 5.75 Å². The van der Waals surface area contributed by atoms with Gasteiger partial charge in [0, 0.05) is 18.5 Å². The molecule has 88 valence electrons. The largest absolute Gasteiger partial charge is 0.506 e. The summed E-state index contributed by atoms with van der Waals surface area (Å²) in [4.78, 5) is 14.4. The lowest BCUT2D eigenvalue weighted by atomic mass is 10.0. The number of halogens is 1. The van der Waals surface area contributed by atoms with Crippen LogP contribution >= 0.6 is 0 Å². The molecule has 0 amide bonds. The highest BCUT2D eigenvalue weighted by molar-refractivity contribution is 5.73. The van der Waals surface area contributed by atoms with Crippen molar-refractivity contribution in [1.82, 2.24) is 4.98 Å². The number of pyridine rings is 1. The van der Waals surface area contributed by atoms with E-state index in [1.54, 1.807) is 0 Å². The van der Waals surface area contributed by atoms with Crippen LogP contribution in [0.15, 0.2) is 12.3 Å². The quantitative estimate of drug-likeness (QED) is 0.670. The van der Waals surface area contributed by atoms with Crippen molar-refractivity contribution in [2.75, 3.05) is 6.67 Å². The van der Waals surface area contributed by atoms with Crippen molar-refractivity contribution in [2.45, 2.75) is 18.9 Å². The highest BCUT2D eigenvalue weighted by Gasteiger charge is 2.15. The highest BCUT2D eigenvalue weighted by atomic mass is 18.2. The van der Waals surface area contributed by atoms with E-state index >= 15 is 0 Å². The Morgan fingerprint density at radius 2 is 2.31 bits per heavy atom. The normalized spacial score (nSPS) is 12.4. The second-order valence-corrected chi connectivity index (χ2v) is 3.39. The maximum atomic E-state index is 12.2. The molecule has 0 aliphatic carbocycles. The highest BCUT2D eigenvalue weighted by Crippen LogP contribution is 2.16. The average molecular weight is 227 g/mol. The Kier molecular flexibility index (Phi) is 4.19. The number of alkyl halides is 1. The Labute approximate surface area is 91.7 Å². The lowest BCUT2D eigenvalue weighted by Gasteiger charge is -2.10. The second-order valence-electron chi connectivity index (χ2n) is 3.39. The first-order valence-corrected chi connectivity index (χ1v) is 4.75. The molecule has 0 aliphatic heterocycles. The third-order valence-electron chi connectivity index (χ3n) is 2.13. The van der Waals surface area contributed by atoms with Gasteiger partial charge in [-0.25, -0.2) is 0 Å². The number of aryl methyl sites for hydroxylation is 1. The van der Waals surface area contributed by atoms with Gasteiger partial charge in [0.2, 0.25) is 0 Å². The number of hydrogen-bond donors (Lipinski definition) is 3. The molecule has 0 aliphatic rings. The standard InChI is InChI=1S/C10H13FN2O3/c11-2-1-9-6(3-7(14)5-13-9)4-8(12)10(15)16/h3,5,8,14H,1-2,4,12H2,(H,15,16)/i11-1. The summed E-state index contributed by atoms with van der Waals surface area (Å²) < 4.78 is 12.2. The average Bonchev–Trinajstić information content (AvgIpc) is 2.22. The molecule has 0 saturated carbocycles. The summed E-state index contributed by atoms with van der Waals surface area (Å²) in [6.45, 7) is -0.590. The first-order chi connectivity index (χ1) is 7.54. The summed E-state index contributed by atoms with van der Waals surface area (Å²) in [5.41, 5.74) is 6.25. The van der Waals surface area contributed by atoms with Crippen molar-refractivity contribution in [3.8, 4) is 5.75 Å². The summed E-state index contributed by atoms with van der Waals surface area (Å²) in [6.07, 6.45) is 1.30. The van der Waals surface area contributed by atoms with Crippen LogP contribution in [0.3, 0.4) is 0 Å². The maximum Gasteiger partial charge on any atom is 0.320 e. The van der Waals surface area contributed by atoms with E-state index in [-0.39, 0.29) is 18.6 Å². The molecule has 0 aromatic carbocycles. The molecular weight excluding hydrogens is 214 g/mol. The van der Waals surface area contributed by atoms with Gasteiger partial charge in [-0.15, -0.1) is 0 Å². The SMILES string of the molecule is NC(Cc1cc(O)cnc1CC[18F])C(=O)O. The van der Waals surface area contributed by atoms with E-state index in [1.807, 2.05) is 0 Å². The van der Waals surface area contributed by atoms with E-state index in [1.165, 1.54) is 12.3 Å². The van der Waals surface area contributed by atoms with E-state index in [4.69, 9.17) is 10.8 Å². The maximum absolute atomic E-state index is 12.2. The fraction of sp³-hybridized carbons (Fsp3) is 0.400. The summed E-state index contributed by atoms with van der Waals surface area (Å²) in [5, 5.41) is 17.9. The molecule has 1 heterocycles.